The van der Waals surface area contributed by atoms with Crippen LogP contribution in [0.5, 0.6) is 0 Å². The van der Waals surface area contributed by atoms with Crippen molar-refractivity contribution in [3.05, 3.63) is 52.0 Å². The van der Waals surface area contributed by atoms with E-state index in [-0.39, 0.29) is 0 Å². The van der Waals surface area contributed by atoms with E-state index in [1.165, 1.54) is 9.75 Å². The highest BCUT2D eigenvalue weighted by molar-refractivity contribution is 7.12. The Balaban J connectivity index is 1.63. The van der Waals surface area contributed by atoms with E-state index in [0.717, 1.165) is 45.1 Å². The lowest BCUT2D eigenvalue weighted by molar-refractivity contribution is 0.0168. The van der Waals surface area contributed by atoms with Gasteiger partial charge in [-0.3, -0.25) is 9.88 Å². The quantitative estimate of drug-likeness (QED) is 0.889. The molecule has 0 spiro atoms. The standard InChI is InChI=1S/C17H23N3OS/c1-14-5-6-17(22-14)16(20-8-10-21-11-9-20)13-18-12-15-4-2-3-7-19-15/h2-7,16,18H,8-13H2,1H3/t16-/m1/s1. The Labute approximate surface area is 136 Å². The van der Waals surface area contributed by atoms with Gasteiger partial charge >= 0.3 is 0 Å². The van der Waals surface area contributed by atoms with E-state index < -0.39 is 0 Å². The number of nitrogens with one attached hydrogen (secondary N) is 1. The summed E-state index contributed by atoms with van der Waals surface area (Å²) in [5.41, 5.74) is 1.09. The van der Waals surface area contributed by atoms with Crippen LogP contribution in [-0.2, 0) is 11.3 Å². The van der Waals surface area contributed by atoms with Crippen molar-refractivity contribution in [1.29, 1.82) is 0 Å². The molecule has 2 aromatic heterocycles. The van der Waals surface area contributed by atoms with Gasteiger partial charge in [0.25, 0.3) is 0 Å². The van der Waals surface area contributed by atoms with Crippen LogP contribution in [0.15, 0.2) is 36.5 Å². The molecular weight excluding hydrogens is 294 g/mol. The molecule has 0 unspecified atom stereocenters. The molecule has 118 valence electrons. The third-order valence-electron chi connectivity index (χ3n) is 3.95. The Morgan fingerprint density at radius 2 is 2.14 bits per heavy atom. The lowest BCUT2D eigenvalue weighted by Gasteiger charge is -2.34. The molecule has 1 saturated heterocycles. The number of ether oxygens (including phenoxy) is 1. The van der Waals surface area contributed by atoms with Crippen LogP contribution >= 0.6 is 11.3 Å². The number of pyridine rings is 1. The maximum Gasteiger partial charge on any atom is 0.0594 e. The van der Waals surface area contributed by atoms with Crippen molar-refractivity contribution in [3.8, 4) is 0 Å². The normalized spacial score (nSPS) is 17.5. The number of morpholine rings is 1. The fourth-order valence-corrected chi connectivity index (χ4v) is 3.78. The van der Waals surface area contributed by atoms with Crippen molar-refractivity contribution in [2.24, 2.45) is 0 Å². The van der Waals surface area contributed by atoms with Crippen LogP contribution in [0.2, 0.25) is 0 Å². The summed E-state index contributed by atoms with van der Waals surface area (Å²) in [6.45, 7) is 7.61. The summed E-state index contributed by atoms with van der Waals surface area (Å²) in [6.07, 6.45) is 1.85. The van der Waals surface area contributed by atoms with Gasteiger partial charge in [-0.25, -0.2) is 0 Å². The monoisotopic (exact) mass is 317 g/mol. The molecule has 4 nitrogen and oxygen atoms in total. The molecule has 1 atom stereocenters. The molecule has 3 heterocycles. The van der Waals surface area contributed by atoms with Crippen LogP contribution in [0.4, 0.5) is 0 Å². The van der Waals surface area contributed by atoms with E-state index in [1.807, 2.05) is 29.7 Å². The Morgan fingerprint density at radius 1 is 1.27 bits per heavy atom. The first kappa shape index (κ1) is 15.6. The predicted molar refractivity (Wildman–Crippen MR) is 90.1 cm³/mol. The second kappa shape index (κ2) is 7.83. The summed E-state index contributed by atoms with van der Waals surface area (Å²) in [7, 11) is 0. The lowest BCUT2D eigenvalue weighted by atomic mass is 10.2. The fraction of sp³-hybridized carbons (Fsp3) is 0.471. The smallest absolute Gasteiger partial charge is 0.0594 e. The largest absolute Gasteiger partial charge is 0.379 e. The molecule has 0 aromatic carbocycles. The highest BCUT2D eigenvalue weighted by Crippen LogP contribution is 2.27. The van der Waals surface area contributed by atoms with E-state index in [0.29, 0.717) is 6.04 Å². The molecule has 22 heavy (non-hydrogen) atoms. The predicted octanol–water partition coefficient (Wildman–Crippen LogP) is 2.61. The van der Waals surface area contributed by atoms with Gasteiger partial charge in [0, 0.05) is 42.1 Å². The summed E-state index contributed by atoms with van der Waals surface area (Å²) in [4.78, 5) is 9.71. The summed E-state index contributed by atoms with van der Waals surface area (Å²) < 4.78 is 5.50. The zero-order valence-electron chi connectivity index (χ0n) is 13.0. The molecule has 0 bridgehead atoms. The highest BCUT2D eigenvalue weighted by atomic mass is 32.1. The van der Waals surface area contributed by atoms with Gasteiger partial charge in [0.1, 0.15) is 0 Å². The van der Waals surface area contributed by atoms with Crippen LogP contribution in [0.1, 0.15) is 21.5 Å². The second-order valence-electron chi connectivity index (χ2n) is 5.56. The Bertz CT molecular complexity index is 566. The molecule has 2 aromatic rings. The molecular formula is C17H23N3OS. The Hall–Kier alpha value is -1.27. The van der Waals surface area contributed by atoms with E-state index in [2.05, 4.69) is 40.3 Å². The molecule has 0 amide bonds. The van der Waals surface area contributed by atoms with Crippen molar-refractivity contribution in [1.82, 2.24) is 15.2 Å². The van der Waals surface area contributed by atoms with Crippen LogP contribution in [0.3, 0.4) is 0 Å². The molecule has 0 saturated carbocycles. The molecule has 1 fully saturated rings. The zero-order chi connectivity index (χ0) is 15.2. The van der Waals surface area contributed by atoms with E-state index in [9.17, 15) is 0 Å². The summed E-state index contributed by atoms with van der Waals surface area (Å²) in [5, 5.41) is 3.57. The third kappa shape index (κ3) is 4.14. The van der Waals surface area contributed by atoms with Gasteiger partial charge in [-0.05, 0) is 31.2 Å². The highest BCUT2D eigenvalue weighted by Gasteiger charge is 2.23. The summed E-state index contributed by atoms with van der Waals surface area (Å²) in [6, 6.07) is 11.0. The van der Waals surface area contributed by atoms with Crippen molar-refractivity contribution in [2.45, 2.75) is 19.5 Å². The van der Waals surface area contributed by atoms with Crippen LogP contribution in [0.25, 0.3) is 0 Å². The lowest BCUT2D eigenvalue weighted by Crippen LogP contribution is -2.42. The summed E-state index contributed by atoms with van der Waals surface area (Å²) in [5.74, 6) is 0. The maximum absolute atomic E-state index is 5.50. The molecule has 0 radical (unpaired) electrons. The van der Waals surface area contributed by atoms with Gasteiger partial charge in [-0.2, -0.15) is 0 Å². The van der Waals surface area contributed by atoms with Gasteiger partial charge in [-0.15, -0.1) is 11.3 Å². The van der Waals surface area contributed by atoms with Gasteiger partial charge in [0.05, 0.1) is 24.9 Å². The number of hydrogen-bond acceptors (Lipinski definition) is 5. The molecule has 1 aliphatic heterocycles. The molecule has 5 heteroatoms. The maximum atomic E-state index is 5.50. The van der Waals surface area contributed by atoms with Crippen molar-refractivity contribution < 1.29 is 4.74 Å². The minimum Gasteiger partial charge on any atom is -0.379 e. The number of hydrogen-bond donors (Lipinski definition) is 1. The number of rotatable bonds is 6. The first-order valence-electron chi connectivity index (χ1n) is 7.82. The van der Waals surface area contributed by atoms with E-state index in [1.54, 1.807) is 0 Å². The van der Waals surface area contributed by atoms with Gasteiger partial charge in [0.15, 0.2) is 0 Å². The van der Waals surface area contributed by atoms with Crippen molar-refractivity contribution >= 4 is 11.3 Å². The first-order valence-corrected chi connectivity index (χ1v) is 8.63. The second-order valence-corrected chi connectivity index (χ2v) is 6.88. The summed E-state index contributed by atoms with van der Waals surface area (Å²) >= 11 is 1.90. The van der Waals surface area contributed by atoms with Gasteiger partial charge < -0.3 is 10.1 Å². The average Bonchev–Trinajstić information content (AvgIpc) is 2.99. The SMILES string of the molecule is Cc1ccc([C@@H](CNCc2ccccn2)N2CCOCC2)s1. The minimum atomic E-state index is 0.423. The van der Waals surface area contributed by atoms with E-state index in [4.69, 9.17) is 4.74 Å². The number of aryl methyl sites for hydroxylation is 1. The average molecular weight is 317 g/mol. The molecule has 1 N–H and O–H groups in total. The molecule has 0 aliphatic carbocycles. The van der Waals surface area contributed by atoms with Crippen molar-refractivity contribution in [2.75, 3.05) is 32.8 Å². The third-order valence-corrected chi connectivity index (χ3v) is 5.05. The van der Waals surface area contributed by atoms with Crippen molar-refractivity contribution in [3.63, 3.8) is 0 Å². The number of aromatic nitrogens is 1. The Morgan fingerprint density at radius 3 is 2.82 bits per heavy atom. The number of thiophene rings is 1. The Kier molecular flexibility index (Phi) is 5.56. The van der Waals surface area contributed by atoms with E-state index >= 15 is 0 Å². The van der Waals surface area contributed by atoms with Gasteiger partial charge in [0.2, 0.25) is 0 Å². The van der Waals surface area contributed by atoms with Crippen LogP contribution in [-0.4, -0.2) is 42.7 Å². The van der Waals surface area contributed by atoms with Crippen LogP contribution < -0.4 is 5.32 Å². The topological polar surface area (TPSA) is 37.4 Å². The van der Waals surface area contributed by atoms with Crippen LogP contribution in [0, 0.1) is 6.92 Å². The first-order chi connectivity index (χ1) is 10.8. The molecule has 3 rings (SSSR count). The molecule has 1 aliphatic rings. The fourth-order valence-electron chi connectivity index (χ4n) is 2.77. The minimum absolute atomic E-state index is 0.423. The number of nitrogens with zero attached hydrogens (tertiary/aromatic N) is 2. The van der Waals surface area contributed by atoms with Gasteiger partial charge in [-0.1, -0.05) is 6.07 Å². The zero-order valence-corrected chi connectivity index (χ0v) is 13.8.